The molecule has 126 valence electrons. The minimum Gasteiger partial charge on any atom is -0.478 e. The van der Waals surface area contributed by atoms with E-state index < -0.39 is 5.97 Å². The molecule has 2 N–H and O–H groups in total. The maximum absolute atomic E-state index is 12.5. The molecule has 0 radical (unpaired) electrons. The van der Waals surface area contributed by atoms with Gasteiger partial charge in [-0.15, -0.1) is 11.3 Å². The fraction of sp³-hybridized carbons (Fsp3) is 0.353. The number of carbonyl (C=O) groups excluding carboxylic acids is 1. The molecule has 1 unspecified atom stereocenters. The summed E-state index contributed by atoms with van der Waals surface area (Å²) >= 11 is 1.58. The van der Waals surface area contributed by atoms with E-state index in [0.717, 1.165) is 36.4 Å². The lowest BCUT2D eigenvalue weighted by Crippen LogP contribution is -2.44. The van der Waals surface area contributed by atoms with Crippen LogP contribution in [0.2, 0.25) is 0 Å². The number of nitrogens with zero attached hydrogens (tertiary/aromatic N) is 2. The van der Waals surface area contributed by atoms with Crippen LogP contribution in [-0.2, 0) is 6.54 Å². The molecule has 3 rings (SSSR count). The molecule has 2 amide bonds. The third kappa shape index (κ3) is 3.73. The van der Waals surface area contributed by atoms with Crippen molar-refractivity contribution in [2.45, 2.75) is 31.8 Å². The normalized spacial score (nSPS) is 17.5. The Morgan fingerprint density at radius 2 is 2.08 bits per heavy atom. The minimum atomic E-state index is -0.954. The molecule has 0 bridgehead atoms. The standard InChI is InChI=1S/C17H19N3O3S/c21-16(22)13-6-4-12(5-7-13)11-19-17(23)20-9-2-1-3-14(20)15-18-8-10-24-15/h4-8,10,14H,1-3,9,11H2,(H,19,23)(H,21,22). The molecule has 1 saturated heterocycles. The fourth-order valence-electron chi connectivity index (χ4n) is 2.87. The third-order valence-electron chi connectivity index (χ3n) is 4.14. The average Bonchev–Trinajstić information content (AvgIpc) is 3.14. The molecule has 1 fully saturated rings. The van der Waals surface area contributed by atoms with Gasteiger partial charge in [0.2, 0.25) is 0 Å². The maximum atomic E-state index is 12.5. The van der Waals surface area contributed by atoms with Crippen molar-refractivity contribution in [3.63, 3.8) is 0 Å². The third-order valence-corrected chi connectivity index (χ3v) is 5.02. The second-order valence-corrected chi connectivity index (χ2v) is 6.66. The zero-order valence-electron chi connectivity index (χ0n) is 13.1. The van der Waals surface area contributed by atoms with Gasteiger partial charge in [0.05, 0.1) is 11.6 Å². The molecule has 1 aliphatic heterocycles. The lowest BCUT2D eigenvalue weighted by atomic mass is 10.0. The van der Waals surface area contributed by atoms with Crippen LogP contribution in [0.25, 0.3) is 0 Å². The summed E-state index contributed by atoms with van der Waals surface area (Å²) in [5.74, 6) is -0.954. The number of hydrogen-bond acceptors (Lipinski definition) is 4. The summed E-state index contributed by atoms with van der Waals surface area (Å²) in [4.78, 5) is 29.6. The Morgan fingerprint density at radius 3 is 2.75 bits per heavy atom. The zero-order chi connectivity index (χ0) is 16.9. The first kappa shape index (κ1) is 16.4. The van der Waals surface area contributed by atoms with Gasteiger partial charge >= 0.3 is 12.0 Å². The largest absolute Gasteiger partial charge is 0.478 e. The Balaban J connectivity index is 1.62. The molecule has 0 spiro atoms. The van der Waals surface area contributed by atoms with Crippen molar-refractivity contribution in [1.82, 2.24) is 15.2 Å². The molecule has 2 heterocycles. The highest BCUT2D eigenvalue weighted by Gasteiger charge is 2.29. The van der Waals surface area contributed by atoms with Crippen LogP contribution in [0.5, 0.6) is 0 Å². The van der Waals surface area contributed by atoms with Crippen LogP contribution in [0.1, 0.15) is 46.2 Å². The fourth-order valence-corrected chi connectivity index (χ4v) is 3.66. The summed E-state index contributed by atoms with van der Waals surface area (Å²) in [7, 11) is 0. The van der Waals surface area contributed by atoms with Crippen LogP contribution >= 0.6 is 11.3 Å². The first-order chi connectivity index (χ1) is 11.6. The molecule has 7 heteroatoms. The van der Waals surface area contributed by atoms with Gasteiger partial charge in [-0.1, -0.05) is 12.1 Å². The van der Waals surface area contributed by atoms with Gasteiger partial charge < -0.3 is 15.3 Å². The first-order valence-electron chi connectivity index (χ1n) is 7.91. The quantitative estimate of drug-likeness (QED) is 0.891. The van der Waals surface area contributed by atoms with E-state index in [9.17, 15) is 9.59 Å². The van der Waals surface area contributed by atoms with Crippen molar-refractivity contribution in [2.24, 2.45) is 0 Å². The molecule has 1 aromatic heterocycles. The molecule has 0 saturated carbocycles. The molecule has 0 aliphatic carbocycles. The summed E-state index contributed by atoms with van der Waals surface area (Å²) in [5.41, 5.74) is 1.11. The number of urea groups is 1. The van der Waals surface area contributed by atoms with Crippen molar-refractivity contribution in [1.29, 1.82) is 0 Å². The number of carboxylic acid groups (broad SMARTS) is 1. The molecule has 24 heavy (non-hydrogen) atoms. The monoisotopic (exact) mass is 345 g/mol. The Bertz CT molecular complexity index is 700. The number of likely N-dealkylation sites (tertiary alicyclic amines) is 1. The number of piperidine rings is 1. The van der Waals surface area contributed by atoms with Gasteiger partial charge in [-0.2, -0.15) is 0 Å². The number of carboxylic acids is 1. The SMILES string of the molecule is O=C(O)c1ccc(CNC(=O)N2CCCCC2c2nccs2)cc1. The zero-order valence-corrected chi connectivity index (χ0v) is 14.0. The second kappa shape index (κ2) is 7.44. The topological polar surface area (TPSA) is 82.5 Å². The van der Waals surface area contributed by atoms with Crippen LogP contribution in [0.15, 0.2) is 35.8 Å². The first-order valence-corrected chi connectivity index (χ1v) is 8.79. The number of carbonyl (C=O) groups is 2. The van der Waals surface area contributed by atoms with E-state index in [0.29, 0.717) is 6.54 Å². The summed E-state index contributed by atoms with van der Waals surface area (Å²) in [6, 6.07) is 6.48. The van der Waals surface area contributed by atoms with Crippen molar-refractivity contribution in [3.05, 3.63) is 52.0 Å². The lowest BCUT2D eigenvalue weighted by molar-refractivity contribution is 0.0697. The highest BCUT2D eigenvalue weighted by molar-refractivity contribution is 7.09. The van der Waals surface area contributed by atoms with E-state index in [1.54, 1.807) is 41.8 Å². The maximum Gasteiger partial charge on any atom is 0.335 e. The number of nitrogens with one attached hydrogen (secondary N) is 1. The highest BCUT2D eigenvalue weighted by Crippen LogP contribution is 2.31. The number of aromatic carboxylic acids is 1. The van der Waals surface area contributed by atoms with Gasteiger partial charge in [0.25, 0.3) is 0 Å². The number of hydrogen-bond donors (Lipinski definition) is 2. The van der Waals surface area contributed by atoms with E-state index in [1.165, 1.54) is 0 Å². The van der Waals surface area contributed by atoms with E-state index in [-0.39, 0.29) is 17.6 Å². The number of thiazole rings is 1. The number of aromatic nitrogens is 1. The smallest absolute Gasteiger partial charge is 0.335 e. The highest BCUT2D eigenvalue weighted by atomic mass is 32.1. The Labute approximate surface area is 144 Å². The summed E-state index contributed by atoms with van der Waals surface area (Å²) < 4.78 is 0. The molecule has 1 atom stereocenters. The van der Waals surface area contributed by atoms with Gasteiger partial charge in [0.15, 0.2) is 0 Å². The average molecular weight is 345 g/mol. The van der Waals surface area contributed by atoms with Gasteiger partial charge in [-0.05, 0) is 37.0 Å². The van der Waals surface area contributed by atoms with Crippen molar-refractivity contribution in [3.8, 4) is 0 Å². The predicted molar refractivity (Wildman–Crippen MR) is 91.0 cm³/mol. The van der Waals surface area contributed by atoms with E-state index in [4.69, 9.17) is 5.11 Å². The predicted octanol–water partition coefficient (Wildman–Crippen LogP) is 3.28. The van der Waals surface area contributed by atoms with E-state index in [1.807, 2.05) is 10.3 Å². The van der Waals surface area contributed by atoms with Crippen LogP contribution in [0.4, 0.5) is 4.79 Å². The summed E-state index contributed by atoms with van der Waals surface area (Å²) in [6.07, 6.45) is 4.82. The summed E-state index contributed by atoms with van der Waals surface area (Å²) in [6.45, 7) is 1.11. The minimum absolute atomic E-state index is 0.0492. The molecular formula is C17H19N3O3S. The Kier molecular flexibility index (Phi) is 5.10. The van der Waals surface area contributed by atoms with E-state index >= 15 is 0 Å². The number of benzene rings is 1. The Hall–Kier alpha value is -2.41. The van der Waals surface area contributed by atoms with Crippen LogP contribution in [0.3, 0.4) is 0 Å². The van der Waals surface area contributed by atoms with Crippen LogP contribution in [0, 0.1) is 0 Å². The van der Waals surface area contributed by atoms with Gasteiger partial charge in [-0.3, -0.25) is 0 Å². The van der Waals surface area contributed by atoms with Crippen molar-refractivity contribution in [2.75, 3.05) is 6.54 Å². The molecule has 6 nitrogen and oxygen atoms in total. The van der Waals surface area contributed by atoms with Gasteiger partial charge in [0, 0.05) is 24.7 Å². The molecule has 1 aliphatic rings. The van der Waals surface area contributed by atoms with E-state index in [2.05, 4.69) is 10.3 Å². The van der Waals surface area contributed by atoms with Crippen molar-refractivity contribution < 1.29 is 14.7 Å². The van der Waals surface area contributed by atoms with Crippen LogP contribution < -0.4 is 5.32 Å². The Morgan fingerprint density at radius 1 is 1.29 bits per heavy atom. The second-order valence-electron chi connectivity index (χ2n) is 5.74. The van der Waals surface area contributed by atoms with Gasteiger partial charge in [-0.25, -0.2) is 14.6 Å². The lowest BCUT2D eigenvalue weighted by Gasteiger charge is -2.34. The summed E-state index contributed by atoms with van der Waals surface area (Å²) in [5, 5.41) is 14.7. The van der Waals surface area contributed by atoms with Crippen LogP contribution in [-0.4, -0.2) is 33.5 Å². The number of amides is 2. The number of rotatable bonds is 4. The molecule has 1 aromatic carbocycles. The molecule has 2 aromatic rings. The van der Waals surface area contributed by atoms with Gasteiger partial charge in [0.1, 0.15) is 5.01 Å². The van der Waals surface area contributed by atoms with Crippen molar-refractivity contribution >= 4 is 23.3 Å². The molecular weight excluding hydrogens is 326 g/mol.